The standard InChI is InChI=1S/C31H38N4O2/c1-8-22(5)35(18-27-19(2)12-21(4)33-30(27)36)31(37)26-14-25(15-28-29(26)20(3)16-32-28)24-11-9-10-23(13-24)17-34(6)7/h9-16,22,32H,8,17-18H2,1-7H3,(H,33,36). The number of nitrogens with zero attached hydrogens (tertiary/aromatic N) is 2. The van der Waals surface area contributed by atoms with E-state index in [1.807, 2.05) is 50.9 Å². The third kappa shape index (κ3) is 5.54. The van der Waals surface area contributed by atoms with Crippen LogP contribution in [-0.2, 0) is 13.1 Å². The number of aryl methyl sites for hydroxylation is 3. The van der Waals surface area contributed by atoms with E-state index in [1.54, 1.807) is 0 Å². The van der Waals surface area contributed by atoms with Crippen LogP contribution in [0.15, 0.2) is 53.5 Å². The Morgan fingerprint density at radius 1 is 0.973 bits per heavy atom. The number of hydrogen-bond donors (Lipinski definition) is 2. The molecule has 2 aromatic carbocycles. The largest absolute Gasteiger partial charge is 0.361 e. The van der Waals surface area contributed by atoms with Gasteiger partial charge in [-0.1, -0.05) is 25.1 Å². The number of hydrogen-bond acceptors (Lipinski definition) is 3. The fraction of sp³-hybridized carbons (Fsp3) is 0.355. The Kier molecular flexibility index (Phi) is 7.69. The first-order valence-corrected chi connectivity index (χ1v) is 12.9. The molecule has 0 bridgehead atoms. The number of fused-ring (bicyclic) bond motifs is 1. The van der Waals surface area contributed by atoms with Crippen LogP contribution >= 0.6 is 0 Å². The van der Waals surface area contributed by atoms with Gasteiger partial charge in [0.05, 0.1) is 6.54 Å². The molecule has 194 valence electrons. The number of H-pyrrole nitrogens is 2. The molecule has 1 unspecified atom stereocenters. The summed E-state index contributed by atoms with van der Waals surface area (Å²) >= 11 is 0. The Morgan fingerprint density at radius 3 is 2.41 bits per heavy atom. The van der Waals surface area contributed by atoms with Gasteiger partial charge in [0.1, 0.15) is 0 Å². The van der Waals surface area contributed by atoms with Crippen molar-refractivity contribution in [2.75, 3.05) is 14.1 Å². The van der Waals surface area contributed by atoms with Gasteiger partial charge in [0, 0.05) is 46.5 Å². The molecule has 4 aromatic rings. The van der Waals surface area contributed by atoms with E-state index in [2.05, 4.69) is 66.2 Å². The molecule has 0 radical (unpaired) electrons. The molecule has 0 saturated heterocycles. The van der Waals surface area contributed by atoms with Gasteiger partial charge < -0.3 is 19.8 Å². The van der Waals surface area contributed by atoms with E-state index >= 15 is 0 Å². The third-order valence-electron chi connectivity index (χ3n) is 7.17. The predicted molar refractivity (Wildman–Crippen MR) is 152 cm³/mol. The van der Waals surface area contributed by atoms with E-state index in [-0.39, 0.29) is 24.1 Å². The molecule has 37 heavy (non-hydrogen) atoms. The van der Waals surface area contributed by atoms with Crippen LogP contribution in [0.1, 0.15) is 58.6 Å². The molecule has 4 rings (SSSR count). The Morgan fingerprint density at radius 2 is 1.73 bits per heavy atom. The van der Waals surface area contributed by atoms with Crippen LogP contribution in [0.3, 0.4) is 0 Å². The zero-order valence-electron chi connectivity index (χ0n) is 23.0. The van der Waals surface area contributed by atoms with Crippen molar-refractivity contribution in [3.05, 3.63) is 92.5 Å². The monoisotopic (exact) mass is 498 g/mol. The van der Waals surface area contributed by atoms with E-state index in [0.29, 0.717) is 11.1 Å². The van der Waals surface area contributed by atoms with Crippen LogP contribution in [0, 0.1) is 20.8 Å². The maximum Gasteiger partial charge on any atom is 0.255 e. The molecule has 0 aliphatic rings. The number of carbonyl (C=O) groups is 1. The number of benzene rings is 2. The highest BCUT2D eigenvalue weighted by Crippen LogP contribution is 2.32. The van der Waals surface area contributed by atoms with Gasteiger partial charge in [-0.15, -0.1) is 0 Å². The molecule has 0 aliphatic carbocycles. The van der Waals surface area contributed by atoms with Gasteiger partial charge in [0.15, 0.2) is 0 Å². The summed E-state index contributed by atoms with van der Waals surface area (Å²) in [6.45, 7) is 11.1. The number of carbonyl (C=O) groups excluding carboxylic acids is 1. The number of aromatic nitrogens is 2. The molecule has 0 saturated carbocycles. The summed E-state index contributed by atoms with van der Waals surface area (Å²) in [5.74, 6) is -0.0623. The second-order valence-electron chi connectivity index (χ2n) is 10.5. The SMILES string of the molecule is CCC(C)N(Cc1c(C)cc(C)[nH]c1=O)C(=O)c1cc(-c2cccc(CN(C)C)c2)cc2[nH]cc(C)c12. The minimum Gasteiger partial charge on any atom is -0.361 e. The molecule has 0 aliphatic heterocycles. The minimum absolute atomic E-state index is 0.0334. The Balaban J connectivity index is 1.83. The lowest BCUT2D eigenvalue weighted by Gasteiger charge is -2.30. The molecule has 2 aromatic heterocycles. The first-order valence-electron chi connectivity index (χ1n) is 12.9. The highest BCUT2D eigenvalue weighted by atomic mass is 16.2. The van der Waals surface area contributed by atoms with Gasteiger partial charge in [-0.05, 0) is 100 Å². The van der Waals surface area contributed by atoms with Crippen LogP contribution in [0.5, 0.6) is 0 Å². The number of nitrogens with one attached hydrogen (secondary N) is 2. The molecule has 6 heteroatoms. The number of aromatic amines is 2. The van der Waals surface area contributed by atoms with Crippen molar-refractivity contribution in [2.45, 2.75) is 60.2 Å². The summed E-state index contributed by atoms with van der Waals surface area (Å²) in [7, 11) is 4.11. The van der Waals surface area contributed by atoms with Crippen LogP contribution < -0.4 is 5.56 Å². The van der Waals surface area contributed by atoms with Gasteiger partial charge in [0.2, 0.25) is 0 Å². The van der Waals surface area contributed by atoms with Crippen molar-refractivity contribution in [2.24, 2.45) is 0 Å². The summed E-state index contributed by atoms with van der Waals surface area (Å²) < 4.78 is 0. The van der Waals surface area contributed by atoms with Crippen LogP contribution in [0.25, 0.3) is 22.0 Å². The average molecular weight is 499 g/mol. The summed E-state index contributed by atoms with van der Waals surface area (Å²) in [4.78, 5) is 37.4. The molecular weight excluding hydrogens is 460 g/mol. The number of rotatable bonds is 8. The maximum absolute atomic E-state index is 14.3. The topological polar surface area (TPSA) is 72.2 Å². The summed E-state index contributed by atoms with van der Waals surface area (Å²) in [6, 6.07) is 14.5. The van der Waals surface area contributed by atoms with E-state index in [1.165, 1.54) is 5.56 Å². The second-order valence-corrected chi connectivity index (χ2v) is 10.5. The molecule has 0 fully saturated rings. The van der Waals surface area contributed by atoms with Gasteiger partial charge in [-0.2, -0.15) is 0 Å². The number of amides is 1. The number of pyridine rings is 1. The van der Waals surface area contributed by atoms with Crippen molar-refractivity contribution < 1.29 is 4.79 Å². The normalized spacial score (nSPS) is 12.3. The smallest absolute Gasteiger partial charge is 0.255 e. The Labute approximate surface area is 219 Å². The van der Waals surface area contributed by atoms with Crippen molar-refractivity contribution in [3.63, 3.8) is 0 Å². The first kappa shape index (κ1) is 26.4. The van der Waals surface area contributed by atoms with Gasteiger partial charge in [0.25, 0.3) is 11.5 Å². The van der Waals surface area contributed by atoms with Crippen molar-refractivity contribution >= 4 is 16.8 Å². The molecule has 1 amide bonds. The van der Waals surface area contributed by atoms with Crippen LogP contribution in [-0.4, -0.2) is 45.8 Å². The van der Waals surface area contributed by atoms with Crippen molar-refractivity contribution in [3.8, 4) is 11.1 Å². The van der Waals surface area contributed by atoms with Gasteiger partial charge in [-0.25, -0.2) is 0 Å². The Hall–Kier alpha value is -3.64. The molecule has 2 N–H and O–H groups in total. The van der Waals surface area contributed by atoms with Crippen LogP contribution in [0.2, 0.25) is 0 Å². The quantitative estimate of drug-likeness (QED) is 0.315. The lowest BCUT2D eigenvalue weighted by molar-refractivity contribution is 0.0672. The van der Waals surface area contributed by atoms with Crippen molar-refractivity contribution in [1.82, 2.24) is 19.8 Å². The fourth-order valence-corrected chi connectivity index (χ4v) is 5.04. The van der Waals surface area contributed by atoms with Gasteiger partial charge >= 0.3 is 0 Å². The molecule has 1 atom stereocenters. The lowest BCUT2D eigenvalue weighted by Crippen LogP contribution is -2.39. The van der Waals surface area contributed by atoms with E-state index in [9.17, 15) is 9.59 Å². The van der Waals surface area contributed by atoms with E-state index < -0.39 is 0 Å². The summed E-state index contributed by atoms with van der Waals surface area (Å²) in [5.41, 5.74) is 8.12. The van der Waals surface area contributed by atoms with Gasteiger partial charge in [-0.3, -0.25) is 9.59 Å². The lowest BCUT2D eigenvalue weighted by atomic mass is 9.96. The zero-order valence-corrected chi connectivity index (χ0v) is 23.0. The molecular formula is C31H38N4O2. The first-order chi connectivity index (χ1) is 17.6. The predicted octanol–water partition coefficient (Wildman–Crippen LogP) is 5.95. The zero-order chi connectivity index (χ0) is 26.9. The molecule has 2 heterocycles. The highest BCUT2D eigenvalue weighted by Gasteiger charge is 2.26. The Bertz CT molecular complexity index is 1500. The van der Waals surface area contributed by atoms with E-state index in [0.717, 1.165) is 51.8 Å². The average Bonchev–Trinajstić information content (AvgIpc) is 3.22. The van der Waals surface area contributed by atoms with Crippen molar-refractivity contribution in [1.29, 1.82) is 0 Å². The molecule has 6 nitrogen and oxygen atoms in total. The highest BCUT2D eigenvalue weighted by molar-refractivity contribution is 6.09. The maximum atomic E-state index is 14.3. The third-order valence-corrected chi connectivity index (χ3v) is 7.17. The van der Waals surface area contributed by atoms with Crippen LogP contribution in [0.4, 0.5) is 0 Å². The summed E-state index contributed by atoms with van der Waals surface area (Å²) in [5, 5.41) is 0.932. The fourth-order valence-electron chi connectivity index (χ4n) is 5.04. The summed E-state index contributed by atoms with van der Waals surface area (Å²) in [6.07, 6.45) is 2.74. The van der Waals surface area contributed by atoms with E-state index in [4.69, 9.17) is 0 Å². The minimum atomic E-state index is -0.131. The molecule has 0 spiro atoms. The second kappa shape index (κ2) is 10.8.